The lowest BCUT2D eigenvalue weighted by atomic mass is 10.0. The minimum atomic E-state index is -0.413. The molecule has 0 amide bonds. The van der Waals surface area contributed by atoms with E-state index < -0.39 is 5.24 Å². The first-order chi connectivity index (χ1) is 6.15. The summed E-state index contributed by atoms with van der Waals surface area (Å²) in [4.78, 5) is 11.0. The van der Waals surface area contributed by atoms with E-state index in [-0.39, 0.29) is 0 Å². The fourth-order valence-electron chi connectivity index (χ4n) is 1.19. The summed E-state index contributed by atoms with van der Waals surface area (Å²) in [6.45, 7) is 1.92. The van der Waals surface area contributed by atoms with Crippen molar-refractivity contribution in [1.29, 1.82) is 0 Å². The molecule has 0 spiro atoms. The summed E-state index contributed by atoms with van der Waals surface area (Å²) < 4.78 is 0. The molecule has 0 aromatic heterocycles. The lowest BCUT2D eigenvalue weighted by molar-refractivity contribution is 0.108. The monoisotopic (exact) mass is 216 g/mol. The van der Waals surface area contributed by atoms with Crippen LogP contribution in [-0.4, -0.2) is 11.1 Å². The molecule has 0 N–H and O–H groups in total. The van der Waals surface area contributed by atoms with Gasteiger partial charge < -0.3 is 0 Å². The fraction of sp³-hybridized carbons (Fsp3) is 0.300. The second kappa shape index (κ2) is 4.64. The lowest BCUT2D eigenvalue weighted by Crippen LogP contribution is -1.99. The van der Waals surface area contributed by atoms with Crippen LogP contribution in [0.5, 0.6) is 0 Å². The highest BCUT2D eigenvalue weighted by Gasteiger charge is 2.08. The molecule has 0 aliphatic heterocycles. The van der Waals surface area contributed by atoms with Gasteiger partial charge in [-0.1, -0.05) is 17.7 Å². The van der Waals surface area contributed by atoms with Crippen LogP contribution in [0.4, 0.5) is 0 Å². The third-order valence-corrected chi connectivity index (χ3v) is 2.23. The van der Waals surface area contributed by atoms with Crippen LogP contribution in [0.2, 0.25) is 0 Å². The third kappa shape index (κ3) is 2.71. The van der Waals surface area contributed by atoms with E-state index in [2.05, 4.69) is 0 Å². The van der Waals surface area contributed by atoms with Gasteiger partial charge in [-0.15, -0.1) is 11.6 Å². The molecule has 0 unspecified atom stereocenters. The topological polar surface area (TPSA) is 17.1 Å². The Morgan fingerprint density at radius 3 is 2.69 bits per heavy atom. The van der Waals surface area contributed by atoms with Crippen LogP contribution < -0.4 is 0 Å². The van der Waals surface area contributed by atoms with Gasteiger partial charge in [-0.3, -0.25) is 4.79 Å². The number of halogens is 2. The van der Waals surface area contributed by atoms with Crippen LogP contribution >= 0.6 is 23.2 Å². The predicted octanol–water partition coefficient (Wildman–Crippen LogP) is 3.16. The van der Waals surface area contributed by atoms with Crippen molar-refractivity contribution in [3.8, 4) is 0 Å². The normalized spacial score (nSPS) is 10.1. The van der Waals surface area contributed by atoms with Crippen molar-refractivity contribution in [1.82, 2.24) is 0 Å². The van der Waals surface area contributed by atoms with E-state index in [0.29, 0.717) is 17.9 Å². The van der Waals surface area contributed by atoms with E-state index in [4.69, 9.17) is 23.2 Å². The zero-order valence-corrected chi connectivity index (χ0v) is 8.82. The Morgan fingerprint density at radius 1 is 1.46 bits per heavy atom. The summed E-state index contributed by atoms with van der Waals surface area (Å²) in [6.07, 6.45) is 0.676. The van der Waals surface area contributed by atoms with E-state index in [0.717, 1.165) is 11.1 Å². The molecule has 0 radical (unpaired) electrons. The van der Waals surface area contributed by atoms with Crippen molar-refractivity contribution in [3.63, 3.8) is 0 Å². The van der Waals surface area contributed by atoms with E-state index in [1.807, 2.05) is 19.1 Å². The third-order valence-electron chi connectivity index (χ3n) is 1.84. The summed E-state index contributed by atoms with van der Waals surface area (Å²) in [6, 6.07) is 5.63. The molecule has 0 atom stereocenters. The lowest BCUT2D eigenvalue weighted by Gasteiger charge is -2.04. The predicted molar refractivity (Wildman–Crippen MR) is 55.8 cm³/mol. The van der Waals surface area contributed by atoms with Crippen LogP contribution in [0.3, 0.4) is 0 Å². The maximum atomic E-state index is 11.0. The standard InChI is InChI=1S/C10H10Cl2O/c1-7-2-3-8(4-5-11)9(6-7)10(12)13/h2-3,6H,4-5H2,1H3. The quantitative estimate of drug-likeness (QED) is 0.561. The van der Waals surface area contributed by atoms with Gasteiger partial charge in [-0.25, -0.2) is 0 Å². The molecule has 1 rings (SSSR count). The Labute approximate surface area is 87.7 Å². The average molecular weight is 217 g/mol. The van der Waals surface area contributed by atoms with Crippen molar-refractivity contribution >= 4 is 28.4 Å². The van der Waals surface area contributed by atoms with Gasteiger partial charge in [-0.2, -0.15) is 0 Å². The van der Waals surface area contributed by atoms with E-state index in [9.17, 15) is 4.79 Å². The second-order valence-corrected chi connectivity index (χ2v) is 3.59. The van der Waals surface area contributed by atoms with Crippen LogP contribution in [0, 0.1) is 6.92 Å². The molecule has 0 saturated carbocycles. The van der Waals surface area contributed by atoms with Crippen molar-refractivity contribution in [3.05, 3.63) is 34.9 Å². The van der Waals surface area contributed by atoms with Crippen LogP contribution in [0.1, 0.15) is 21.5 Å². The zero-order valence-electron chi connectivity index (χ0n) is 7.31. The van der Waals surface area contributed by atoms with E-state index in [1.165, 1.54) is 0 Å². The summed E-state index contributed by atoms with van der Waals surface area (Å²) >= 11 is 11.0. The number of benzene rings is 1. The Kier molecular flexibility index (Phi) is 3.76. The SMILES string of the molecule is Cc1ccc(CCCl)c(C(=O)Cl)c1. The van der Waals surface area contributed by atoms with Gasteiger partial charge in [0.25, 0.3) is 5.24 Å². The largest absolute Gasteiger partial charge is 0.276 e. The Morgan fingerprint density at radius 2 is 2.15 bits per heavy atom. The maximum Gasteiger partial charge on any atom is 0.252 e. The van der Waals surface area contributed by atoms with Crippen LogP contribution in [0.25, 0.3) is 0 Å². The molecule has 1 aromatic rings. The molecule has 0 fully saturated rings. The molecule has 0 heterocycles. The van der Waals surface area contributed by atoms with E-state index in [1.54, 1.807) is 6.07 Å². The van der Waals surface area contributed by atoms with Crippen molar-refractivity contribution in [2.75, 3.05) is 5.88 Å². The number of alkyl halides is 1. The highest BCUT2D eigenvalue weighted by molar-refractivity contribution is 6.67. The highest BCUT2D eigenvalue weighted by atomic mass is 35.5. The molecule has 0 aliphatic rings. The Bertz CT molecular complexity index is 321. The molecule has 0 saturated heterocycles. The molecular formula is C10H10Cl2O. The number of carbonyl (C=O) groups is 1. The number of aryl methyl sites for hydroxylation is 2. The van der Waals surface area contributed by atoms with E-state index >= 15 is 0 Å². The minimum absolute atomic E-state index is 0.413. The first-order valence-electron chi connectivity index (χ1n) is 4.00. The van der Waals surface area contributed by atoms with Gasteiger partial charge >= 0.3 is 0 Å². The Hall–Kier alpha value is -0.530. The molecule has 70 valence electrons. The van der Waals surface area contributed by atoms with Gasteiger partial charge in [0.2, 0.25) is 0 Å². The maximum absolute atomic E-state index is 11.0. The van der Waals surface area contributed by atoms with Gasteiger partial charge in [0, 0.05) is 11.4 Å². The Balaban J connectivity index is 3.10. The zero-order chi connectivity index (χ0) is 9.84. The molecular weight excluding hydrogens is 207 g/mol. The number of hydrogen-bond acceptors (Lipinski definition) is 1. The van der Waals surface area contributed by atoms with Gasteiger partial charge in [0.15, 0.2) is 0 Å². The van der Waals surface area contributed by atoms with Gasteiger partial charge in [0.1, 0.15) is 0 Å². The van der Waals surface area contributed by atoms with Crippen molar-refractivity contribution < 1.29 is 4.79 Å². The fourth-order valence-corrected chi connectivity index (χ4v) is 1.57. The number of carbonyl (C=O) groups excluding carboxylic acids is 1. The smallest absolute Gasteiger partial charge is 0.252 e. The minimum Gasteiger partial charge on any atom is -0.276 e. The molecule has 0 bridgehead atoms. The average Bonchev–Trinajstić information content (AvgIpc) is 2.08. The molecule has 1 nitrogen and oxygen atoms in total. The van der Waals surface area contributed by atoms with Crippen LogP contribution in [0.15, 0.2) is 18.2 Å². The molecule has 13 heavy (non-hydrogen) atoms. The highest BCUT2D eigenvalue weighted by Crippen LogP contribution is 2.15. The van der Waals surface area contributed by atoms with Crippen molar-refractivity contribution in [2.24, 2.45) is 0 Å². The number of hydrogen-bond donors (Lipinski definition) is 0. The van der Waals surface area contributed by atoms with Crippen LogP contribution in [-0.2, 0) is 6.42 Å². The number of rotatable bonds is 3. The summed E-state index contributed by atoms with van der Waals surface area (Å²) in [5.74, 6) is 0.500. The van der Waals surface area contributed by atoms with Gasteiger partial charge in [-0.05, 0) is 36.6 Å². The first-order valence-corrected chi connectivity index (χ1v) is 4.91. The van der Waals surface area contributed by atoms with Crippen molar-refractivity contribution in [2.45, 2.75) is 13.3 Å². The molecule has 3 heteroatoms. The second-order valence-electron chi connectivity index (χ2n) is 2.87. The summed E-state index contributed by atoms with van der Waals surface area (Å²) in [5.41, 5.74) is 2.52. The van der Waals surface area contributed by atoms with Gasteiger partial charge in [0.05, 0.1) is 0 Å². The molecule has 1 aromatic carbocycles. The molecule has 0 aliphatic carbocycles. The summed E-state index contributed by atoms with van der Waals surface area (Å²) in [5, 5.41) is -0.413. The summed E-state index contributed by atoms with van der Waals surface area (Å²) in [7, 11) is 0. The first kappa shape index (κ1) is 10.6.